The van der Waals surface area contributed by atoms with E-state index in [1.807, 2.05) is 0 Å². The van der Waals surface area contributed by atoms with E-state index in [1.54, 1.807) is 13.8 Å². The second kappa shape index (κ2) is 8.39. The zero-order valence-electron chi connectivity index (χ0n) is 14.7. The van der Waals surface area contributed by atoms with E-state index in [1.165, 1.54) is 0 Å². The second-order valence-corrected chi connectivity index (χ2v) is 7.02. The van der Waals surface area contributed by atoms with Gasteiger partial charge in [-0.2, -0.15) is 26.3 Å². The van der Waals surface area contributed by atoms with Crippen LogP contribution in [0.4, 0.5) is 26.3 Å². The van der Waals surface area contributed by atoms with E-state index < -0.39 is 57.8 Å². The minimum Gasteiger partial charge on any atom is -0.462 e. The monoisotopic (exact) mass is 463 g/mol. The first kappa shape index (κ1) is 23.3. The van der Waals surface area contributed by atoms with Crippen molar-refractivity contribution in [3.05, 3.63) is 35.7 Å². The van der Waals surface area contributed by atoms with Gasteiger partial charge < -0.3 is 4.74 Å². The van der Waals surface area contributed by atoms with Crippen LogP contribution in [0.25, 0.3) is 11.4 Å². The summed E-state index contributed by atoms with van der Waals surface area (Å²) in [7, 11) is 0. The normalized spacial score (nSPS) is 14.7. The number of carbonyl (C=O) groups excluding carboxylic acids is 1. The Labute approximate surface area is 170 Å². The van der Waals surface area contributed by atoms with Crippen LogP contribution in [0.3, 0.4) is 0 Å². The first-order valence-electron chi connectivity index (χ1n) is 7.89. The van der Waals surface area contributed by atoms with Gasteiger partial charge in [-0.25, -0.2) is 9.67 Å². The molecule has 1 aromatic carbocycles. The number of aromatic nitrogens is 3. The van der Waals surface area contributed by atoms with Crippen molar-refractivity contribution in [1.82, 2.24) is 14.8 Å². The van der Waals surface area contributed by atoms with Crippen LogP contribution in [0.2, 0.25) is 0 Å². The third-order valence-corrected chi connectivity index (χ3v) is 4.42. The number of esters is 1. The molecule has 0 fully saturated rings. The summed E-state index contributed by atoms with van der Waals surface area (Å²) in [6.07, 6.45) is -9.59. The molecule has 0 saturated heterocycles. The molecule has 5 nitrogen and oxygen atoms in total. The fraction of sp³-hybridized carbons (Fsp3) is 0.438. The maximum Gasteiger partial charge on any atom is 0.416 e. The largest absolute Gasteiger partial charge is 0.462 e. The molecule has 1 aromatic heterocycles. The molecule has 2 unspecified atom stereocenters. The van der Waals surface area contributed by atoms with Crippen LogP contribution in [-0.4, -0.2) is 32.2 Å². The second-order valence-electron chi connectivity index (χ2n) is 6.10. The maximum atomic E-state index is 13.0. The number of nitrogens with zero attached hydrogens (tertiary/aromatic N) is 3. The minimum atomic E-state index is -5.02. The molecule has 2 atom stereocenters. The lowest BCUT2D eigenvalue weighted by atomic mass is 10.0. The van der Waals surface area contributed by atoms with Crippen molar-refractivity contribution in [2.45, 2.75) is 43.2 Å². The number of benzene rings is 1. The number of rotatable bonds is 5. The summed E-state index contributed by atoms with van der Waals surface area (Å²) in [4.78, 5) is 15.5. The lowest BCUT2D eigenvalue weighted by Crippen LogP contribution is -2.28. The van der Waals surface area contributed by atoms with Gasteiger partial charge in [-0.15, -0.1) is 16.7 Å². The van der Waals surface area contributed by atoms with Gasteiger partial charge in [-0.3, -0.25) is 4.79 Å². The Morgan fingerprint density at radius 3 is 2.00 bits per heavy atom. The van der Waals surface area contributed by atoms with Crippen molar-refractivity contribution in [2.24, 2.45) is 0 Å². The van der Waals surface area contributed by atoms with Crippen LogP contribution in [0.15, 0.2) is 24.5 Å². The summed E-state index contributed by atoms with van der Waals surface area (Å²) < 4.78 is 83.6. The van der Waals surface area contributed by atoms with Crippen molar-refractivity contribution >= 4 is 29.2 Å². The Bertz CT molecular complexity index is 850. The number of hydrogen-bond donors (Lipinski definition) is 0. The Kier molecular flexibility index (Phi) is 6.73. The molecule has 13 heteroatoms. The molecule has 1 heterocycles. The Morgan fingerprint density at radius 2 is 1.55 bits per heavy atom. The molecular weight excluding hydrogens is 451 g/mol. The number of ether oxygens (including phenoxy) is 1. The molecule has 0 amide bonds. The summed E-state index contributed by atoms with van der Waals surface area (Å²) in [5.74, 6) is -1.34. The van der Waals surface area contributed by atoms with Gasteiger partial charge in [0, 0.05) is 5.56 Å². The van der Waals surface area contributed by atoms with Crippen LogP contribution in [0.5, 0.6) is 0 Å². The minimum absolute atomic E-state index is 0.0123. The number of halogens is 8. The Morgan fingerprint density at radius 1 is 1.03 bits per heavy atom. The van der Waals surface area contributed by atoms with E-state index in [2.05, 4.69) is 10.1 Å². The standard InChI is InChI=1S/C16H13Cl2F6N3O2/c1-7(2)29-14(28)11(17)12(18)27-6-25-13(26-27)8-3-9(15(19,20)21)5-10(4-8)16(22,23)24/h3-7,11-12H,1-2H3. The van der Waals surface area contributed by atoms with Crippen LogP contribution in [-0.2, 0) is 21.9 Å². The van der Waals surface area contributed by atoms with Gasteiger partial charge in [0.05, 0.1) is 17.2 Å². The fourth-order valence-corrected chi connectivity index (χ4v) is 2.52. The van der Waals surface area contributed by atoms with Crippen molar-refractivity contribution in [1.29, 1.82) is 0 Å². The highest BCUT2D eigenvalue weighted by atomic mass is 35.5. The number of hydrogen-bond acceptors (Lipinski definition) is 4. The molecular formula is C16H13Cl2F6N3O2. The molecule has 160 valence electrons. The van der Waals surface area contributed by atoms with Crippen molar-refractivity contribution < 1.29 is 35.9 Å². The molecule has 0 spiro atoms. The quantitative estimate of drug-likeness (QED) is 0.344. The zero-order valence-corrected chi connectivity index (χ0v) is 16.2. The van der Waals surface area contributed by atoms with Gasteiger partial charge in [-0.1, -0.05) is 11.6 Å². The van der Waals surface area contributed by atoms with E-state index in [-0.39, 0.29) is 6.07 Å². The van der Waals surface area contributed by atoms with Crippen molar-refractivity contribution in [3.63, 3.8) is 0 Å². The van der Waals surface area contributed by atoms with E-state index >= 15 is 0 Å². The summed E-state index contributed by atoms with van der Waals surface area (Å²) in [6.45, 7) is 3.15. The number of carbonyl (C=O) groups is 1. The molecule has 0 N–H and O–H groups in total. The Balaban J connectivity index is 2.40. The highest BCUT2D eigenvalue weighted by molar-refractivity contribution is 6.35. The summed E-state index contributed by atoms with van der Waals surface area (Å²) in [5, 5.41) is 2.33. The highest BCUT2D eigenvalue weighted by Crippen LogP contribution is 2.38. The molecule has 2 rings (SSSR count). The maximum absolute atomic E-state index is 13.0. The lowest BCUT2D eigenvalue weighted by Gasteiger charge is -2.16. The summed E-state index contributed by atoms with van der Waals surface area (Å²) in [6, 6.07) is 0.939. The predicted octanol–water partition coefficient (Wildman–Crippen LogP) is 5.28. The van der Waals surface area contributed by atoms with Gasteiger partial charge in [0.1, 0.15) is 6.33 Å². The first-order valence-corrected chi connectivity index (χ1v) is 8.77. The van der Waals surface area contributed by atoms with Gasteiger partial charge >= 0.3 is 18.3 Å². The third kappa shape index (κ3) is 5.75. The molecule has 0 aliphatic heterocycles. The first-order chi connectivity index (χ1) is 13.2. The molecule has 0 saturated carbocycles. The Hall–Kier alpha value is -2.01. The molecule has 0 radical (unpaired) electrons. The van der Waals surface area contributed by atoms with Crippen LogP contribution in [0.1, 0.15) is 30.5 Å². The highest BCUT2D eigenvalue weighted by Gasteiger charge is 2.37. The molecule has 2 aromatic rings. The topological polar surface area (TPSA) is 57.0 Å². The van der Waals surface area contributed by atoms with Crippen LogP contribution >= 0.6 is 23.2 Å². The predicted molar refractivity (Wildman–Crippen MR) is 91.2 cm³/mol. The van der Waals surface area contributed by atoms with E-state index in [0.717, 1.165) is 11.0 Å². The summed E-state index contributed by atoms with van der Waals surface area (Å²) in [5.41, 5.74) is -4.92. The number of alkyl halides is 8. The van der Waals surface area contributed by atoms with E-state index in [9.17, 15) is 31.1 Å². The van der Waals surface area contributed by atoms with E-state index in [4.69, 9.17) is 27.9 Å². The third-order valence-electron chi connectivity index (χ3n) is 3.43. The molecule has 0 bridgehead atoms. The van der Waals surface area contributed by atoms with Crippen molar-refractivity contribution in [3.8, 4) is 11.4 Å². The average molecular weight is 464 g/mol. The molecule has 0 aliphatic rings. The average Bonchev–Trinajstić information content (AvgIpc) is 3.08. The van der Waals surface area contributed by atoms with Gasteiger partial charge in [0.15, 0.2) is 16.7 Å². The molecule has 0 aliphatic carbocycles. The van der Waals surface area contributed by atoms with Gasteiger partial charge in [-0.05, 0) is 32.0 Å². The SMILES string of the molecule is CC(C)OC(=O)C(Cl)C(Cl)n1cnc(-c2cc(C(F)(F)F)cc(C(F)(F)F)c2)n1. The smallest absolute Gasteiger partial charge is 0.416 e. The van der Waals surface area contributed by atoms with Gasteiger partial charge in [0.2, 0.25) is 0 Å². The zero-order chi connectivity index (χ0) is 22.1. The van der Waals surface area contributed by atoms with Crippen LogP contribution < -0.4 is 0 Å². The summed E-state index contributed by atoms with van der Waals surface area (Å²) >= 11 is 11.9. The lowest BCUT2D eigenvalue weighted by molar-refractivity contribution is -0.147. The van der Waals surface area contributed by atoms with Crippen LogP contribution in [0, 0.1) is 0 Å². The van der Waals surface area contributed by atoms with E-state index in [0.29, 0.717) is 12.1 Å². The molecule has 29 heavy (non-hydrogen) atoms. The fourth-order valence-electron chi connectivity index (χ4n) is 2.15. The van der Waals surface area contributed by atoms with Gasteiger partial charge in [0.25, 0.3) is 0 Å². The van der Waals surface area contributed by atoms with Crippen molar-refractivity contribution in [2.75, 3.05) is 0 Å².